The molecule has 6 nitrogen and oxygen atoms in total. The van der Waals surface area contributed by atoms with E-state index in [1.165, 1.54) is 18.2 Å². The molecule has 0 spiro atoms. The van der Waals surface area contributed by atoms with Crippen molar-refractivity contribution in [2.24, 2.45) is 0 Å². The average Bonchev–Trinajstić information content (AvgIpc) is 3.20. The van der Waals surface area contributed by atoms with Crippen molar-refractivity contribution in [3.63, 3.8) is 0 Å². The van der Waals surface area contributed by atoms with Crippen LogP contribution < -0.4 is 0 Å². The van der Waals surface area contributed by atoms with E-state index in [9.17, 15) is 22.4 Å². The van der Waals surface area contributed by atoms with Crippen LogP contribution >= 0.6 is 11.7 Å². The van der Waals surface area contributed by atoms with Crippen LogP contribution in [0.1, 0.15) is 31.8 Å². The Morgan fingerprint density at radius 3 is 2.21 bits per heavy atom. The zero-order valence-electron chi connectivity index (χ0n) is 14.4. The maximum absolute atomic E-state index is 13.6. The SMILES string of the molecule is O=C1c2ccccc2C(=O)c2c1cc(S(=O)(=O)c1cccc(F)c1)c1nsnc21. The summed E-state index contributed by atoms with van der Waals surface area (Å²) in [5, 5.41) is 0. The quantitative estimate of drug-likeness (QED) is 0.431. The van der Waals surface area contributed by atoms with Crippen LogP contribution in [-0.4, -0.2) is 28.7 Å². The van der Waals surface area contributed by atoms with Crippen molar-refractivity contribution >= 4 is 44.2 Å². The van der Waals surface area contributed by atoms with E-state index in [4.69, 9.17) is 0 Å². The molecular weight excluding hydrogens is 415 g/mol. The molecule has 142 valence electrons. The highest BCUT2D eigenvalue weighted by atomic mass is 32.2. The lowest BCUT2D eigenvalue weighted by atomic mass is 9.83. The van der Waals surface area contributed by atoms with Gasteiger partial charge in [-0.3, -0.25) is 9.59 Å². The van der Waals surface area contributed by atoms with Gasteiger partial charge in [0.15, 0.2) is 11.6 Å². The average molecular weight is 424 g/mol. The molecule has 0 N–H and O–H groups in total. The van der Waals surface area contributed by atoms with Crippen LogP contribution in [0.15, 0.2) is 64.4 Å². The first-order chi connectivity index (χ1) is 13.9. The van der Waals surface area contributed by atoms with E-state index in [0.29, 0.717) is 0 Å². The molecule has 0 amide bonds. The van der Waals surface area contributed by atoms with Gasteiger partial charge < -0.3 is 0 Å². The zero-order chi connectivity index (χ0) is 20.3. The summed E-state index contributed by atoms with van der Waals surface area (Å²) >= 11 is 0.737. The highest BCUT2D eigenvalue weighted by molar-refractivity contribution is 7.91. The fourth-order valence-corrected chi connectivity index (χ4v) is 5.52. The molecule has 9 heteroatoms. The van der Waals surface area contributed by atoms with Crippen molar-refractivity contribution in [3.8, 4) is 0 Å². The largest absolute Gasteiger partial charge is 0.289 e. The topological polar surface area (TPSA) is 94.1 Å². The third kappa shape index (κ3) is 2.48. The van der Waals surface area contributed by atoms with Gasteiger partial charge in [-0.1, -0.05) is 30.3 Å². The van der Waals surface area contributed by atoms with Crippen molar-refractivity contribution in [2.45, 2.75) is 9.79 Å². The van der Waals surface area contributed by atoms with Gasteiger partial charge in [0.2, 0.25) is 9.84 Å². The van der Waals surface area contributed by atoms with Gasteiger partial charge in [-0.05, 0) is 24.3 Å². The number of halogens is 1. The van der Waals surface area contributed by atoms with Crippen LogP contribution in [0.5, 0.6) is 0 Å². The number of aromatic nitrogens is 2. The first-order valence-electron chi connectivity index (χ1n) is 8.38. The Morgan fingerprint density at radius 2 is 1.48 bits per heavy atom. The molecule has 4 aromatic rings. The lowest BCUT2D eigenvalue weighted by molar-refractivity contribution is 0.0980. The Kier molecular flexibility index (Phi) is 3.74. The maximum atomic E-state index is 13.6. The van der Waals surface area contributed by atoms with Crippen LogP contribution in [0, 0.1) is 5.82 Å². The van der Waals surface area contributed by atoms with Crippen molar-refractivity contribution < 1.29 is 22.4 Å². The summed E-state index contributed by atoms with van der Waals surface area (Å²) in [5.41, 5.74) is 0.454. The minimum Gasteiger partial charge on any atom is -0.289 e. The minimum atomic E-state index is -4.21. The molecule has 1 aromatic heterocycles. The summed E-state index contributed by atoms with van der Waals surface area (Å²) in [6.07, 6.45) is 0. The fourth-order valence-electron chi connectivity index (χ4n) is 3.45. The molecule has 5 rings (SSSR count). The van der Waals surface area contributed by atoms with Gasteiger partial charge in [0.05, 0.1) is 22.2 Å². The number of fused-ring (bicyclic) bond motifs is 4. The normalized spacial score (nSPS) is 13.4. The number of rotatable bonds is 2. The molecule has 0 aliphatic heterocycles. The number of sulfone groups is 1. The fraction of sp³-hybridized carbons (Fsp3) is 0. The Bertz CT molecular complexity index is 1480. The second-order valence-electron chi connectivity index (χ2n) is 6.42. The number of benzene rings is 3. The second kappa shape index (κ2) is 6.10. The molecule has 3 aromatic carbocycles. The third-order valence-electron chi connectivity index (χ3n) is 4.79. The Labute approximate surface area is 167 Å². The molecule has 0 atom stereocenters. The number of hydrogen-bond donors (Lipinski definition) is 0. The zero-order valence-corrected chi connectivity index (χ0v) is 16.1. The Balaban J connectivity index is 1.85. The molecule has 0 saturated carbocycles. The van der Waals surface area contributed by atoms with E-state index in [1.807, 2.05) is 0 Å². The van der Waals surface area contributed by atoms with E-state index in [0.717, 1.165) is 29.9 Å². The molecule has 1 heterocycles. The van der Waals surface area contributed by atoms with Crippen molar-refractivity contribution in [2.75, 3.05) is 0 Å². The smallest absolute Gasteiger partial charge is 0.208 e. The van der Waals surface area contributed by atoms with Crippen LogP contribution in [0.4, 0.5) is 4.39 Å². The van der Waals surface area contributed by atoms with Crippen molar-refractivity contribution in [3.05, 3.63) is 82.7 Å². The van der Waals surface area contributed by atoms with Crippen LogP contribution in [-0.2, 0) is 9.84 Å². The molecule has 0 fully saturated rings. The monoisotopic (exact) mass is 424 g/mol. The summed E-state index contributed by atoms with van der Waals surface area (Å²) in [6, 6.07) is 12.0. The lowest BCUT2D eigenvalue weighted by Crippen LogP contribution is -2.22. The third-order valence-corrected chi connectivity index (χ3v) is 7.08. The molecule has 1 aliphatic carbocycles. The molecular formula is C20H9FN2O4S2. The lowest BCUT2D eigenvalue weighted by Gasteiger charge is -2.18. The van der Waals surface area contributed by atoms with Gasteiger partial charge in [0, 0.05) is 16.7 Å². The van der Waals surface area contributed by atoms with E-state index in [1.54, 1.807) is 18.2 Å². The second-order valence-corrected chi connectivity index (χ2v) is 8.87. The maximum Gasteiger partial charge on any atom is 0.208 e. The van der Waals surface area contributed by atoms with E-state index < -0.39 is 27.2 Å². The highest BCUT2D eigenvalue weighted by Crippen LogP contribution is 2.37. The first-order valence-corrected chi connectivity index (χ1v) is 10.6. The predicted octanol–water partition coefficient (Wildman–Crippen LogP) is 3.44. The number of hydrogen-bond acceptors (Lipinski definition) is 7. The van der Waals surface area contributed by atoms with E-state index >= 15 is 0 Å². The van der Waals surface area contributed by atoms with Crippen molar-refractivity contribution in [1.82, 2.24) is 8.75 Å². The van der Waals surface area contributed by atoms with E-state index in [-0.39, 0.29) is 43.1 Å². The highest BCUT2D eigenvalue weighted by Gasteiger charge is 2.35. The predicted molar refractivity (Wildman–Crippen MR) is 103 cm³/mol. The Hall–Kier alpha value is -3.30. The standard InChI is InChI=1S/C20H9FN2O4S2/c21-10-4-3-5-11(8-10)29(26,27)15-9-14-16(18-17(15)22-28-23-18)20(25)13-7-2-1-6-12(13)19(14)24/h1-9H. The van der Waals surface area contributed by atoms with Gasteiger partial charge in [-0.15, -0.1) is 0 Å². The van der Waals surface area contributed by atoms with Crippen LogP contribution in [0.3, 0.4) is 0 Å². The Morgan fingerprint density at radius 1 is 0.793 bits per heavy atom. The summed E-state index contributed by atoms with van der Waals surface area (Å²) in [5.74, 6) is -1.60. The summed E-state index contributed by atoms with van der Waals surface area (Å²) in [4.78, 5) is 25.5. The first kappa shape index (κ1) is 17.8. The molecule has 0 saturated heterocycles. The summed E-state index contributed by atoms with van der Waals surface area (Å²) < 4.78 is 48.2. The molecule has 0 bridgehead atoms. The van der Waals surface area contributed by atoms with Crippen LogP contribution in [0.2, 0.25) is 0 Å². The molecule has 1 aliphatic rings. The number of ketones is 2. The molecule has 29 heavy (non-hydrogen) atoms. The summed E-state index contributed by atoms with van der Waals surface area (Å²) in [7, 11) is -4.21. The van der Waals surface area contributed by atoms with Gasteiger partial charge >= 0.3 is 0 Å². The van der Waals surface area contributed by atoms with Gasteiger partial charge in [-0.25, -0.2) is 12.8 Å². The number of nitrogens with zero attached hydrogens (tertiary/aromatic N) is 2. The van der Waals surface area contributed by atoms with E-state index in [2.05, 4.69) is 8.75 Å². The van der Waals surface area contributed by atoms with Gasteiger partial charge in [0.25, 0.3) is 0 Å². The van der Waals surface area contributed by atoms with Crippen molar-refractivity contribution in [1.29, 1.82) is 0 Å². The van der Waals surface area contributed by atoms with Gasteiger partial charge in [0.1, 0.15) is 21.7 Å². The van der Waals surface area contributed by atoms with Gasteiger partial charge in [-0.2, -0.15) is 8.75 Å². The molecule has 0 radical (unpaired) electrons. The number of carbonyl (C=O) groups is 2. The number of carbonyl (C=O) groups excluding carboxylic acids is 2. The molecule has 0 unspecified atom stereocenters. The minimum absolute atomic E-state index is 0.0152. The van der Waals surface area contributed by atoms with Crippen LogP contribution in [0.25, 0.3) is 11.0 Å². The summed E-state index contributed by atoms with van der Waals surface area (Å²) in [6.45, 7) is 0.